The molecule has 0 aliphatic carbocycles. The van der Waals surface area contributed by atoms with Crippen LogP contribution < -0.4 is 10.6 Å². The number of aromatic nitrogens is 2. The van der Waals surface area contributed by atoms with E-state index >= 15 is 0 Å². The summed E-state index contributed by atoms with van der Waals surface area (Å²) < 4.78 is 13.4. The fraction of sp³-hybridized carbons (Fsp3) is 0.125. The molecule has 6 heteroatoms. The number of nitrogens with one attached hydrogen (secondary N) is 3. The second-order valence-corrected chi connectivity index (χ2v) is 4.23. The molecular formula is C16H17FN4O. The van der Waals surface area contributed by atoms with Crippen molar-refractivity contribution in [2.24, 2.45) is 0 Å². The Hall–Kier alpha value is -2.89. The molecule has 22 heavy (non-hydrogen) atoms. The number of anilines is 2. The molecule has 0 saturated carbocycles. The van der Waals surface area contributed by atoms with Gasteiger partial charge in [0.15, 0.2) is 0 Å². The van der Waals surface area contributed by atoms with Crippen LogP contribution in [0, 0.1) is 5.82 Å². The molecular weight excluding hydrogens is 283 g/mol. The molecule has 0 saturated heterocycles. The lowest BCUT2D eigenvalue weighted by Crippen LogP contribution is -2.19. The third-order valence-electron chi connectivity index (χ3n) is 2.80. The zero-order valence-corrected chi connectivity index (χ0v) is 12.4. The number of rotatable bonds is 2. The molecule has 1 heterocycles. The largest absolute Gasteiger partial charge is 0.323 e. The van der Waals surface area contributed by atoms with Crippen LogP contribution in [0.3, 0.4) is 0 Å². The van der Waals surface area contributed by atoms with Crippen LogP contribution in [0.25, 0.3) is 10.9 Å². The van der Waals surface area contributed by atoms with Crippen molar-refractivity contribution in [3.63, 3.8) is 0 Å². The Bertz CT molecular complexity index is 755. The highest BCUT2D eigenvalue weighted by molar-refractivity contribution is 6.05. The minimum atomic E-state index is -0.447. The minimum absolute atomic E-state index is 0.363. The number of halogens is 1. The molecule has 2 aromatic carbocycles. The molecule has 2 amide bonds. The van der Waals surface area contributed by atoms with Gasteiger partial charge >= 0.3 is 6.03 Å². The molecule has 1 aromatic heterocycles. The summed E-state index contributed by atoms with van der Waals surface area (Å²) in [5.41, 5.74) is 1.55. The van der Waals surface area contributed by atoms with E-state index in [9.17, 15) is 9.18 Å². The molecule has 5 nitrogen and oxygen atoms in total. The summed E-state index contributed by atoms with van der Waals surface area (Å²) in [5.74, 6) is -0.447. The van der Waals surface area contributed by atoms with Crippen LogP contribution in [-0.4, -0.2) is 16.2 Å². The van der Waals surface area contributed by atoms with E-state index in [1.54, 1.807) is 12.1 Å². The lowest BCUT2D eigenvalue weighted by atomic mass is 10.2. The van der Waals surface area contributed by atoms with Crippen molar-refractivity contribution in [2.45, 2.75) is 13.8 Å². The molecule has 0 unspecified atom stereocenters. The van der Waals surface area contributed by atoms with E-state index in [0.29, 0.717) is 22.3 Å². The summed E-state index contributed by atoms with van der Waals surface area (Å²) in [4.78, 5) is 11.9. The highest BCUT2D eigenvalue weighted by Gasteiger charge is 2.09. The topological polar surface area (TPSA) is 69.8 Å². The smallest absolute Gasteiger partial charge is 0.308 e. The molecule has 114 valence electrons. The Morgan fingerprint density at radius 1 is 1.14 bits per heavy atom. The molecule has 3 rings (SSSR count). The highest BCUT2D eigenvalue weighted by atomic mass is 19.1. The van der Waals surface area contributed by atoms with Gasteiger partial charge in [-0.15, -0.1) is 0 Å². The van der Waals surface area contributed by atoms with Crippen molar-refractivity contribution < 1.29 is 9.18 Å². The number of aromatic amines is 1. The number of hydrogen-bond acceptors (Lipinski definition) is 2. The van der Waals surface area contributed by atoms with E-state index in [1.165, 1.54) is 18.3 Å². The maximum atomic E-state index is 13.4. The summed E-state index contributed by atoms with van der Waals surface area (Å²) >= 11 is 0. The van der Waals surface area contributed by atoms with Crippen molar-refractivity contribution >= 4 is 28.3 Å². The van der Waals surface area contributed by atoms with Crippen LogP contribution in [0.1, 0.15) is 13.8 Å². The molecule has 0 bridgehead atoms. The Labute approximate surface area is 127 Å². The summed E-state index contributed by atoms with van der Waals surface area (Å²) in [7, 11) is 0. The van der Waals surface area contributed by atoms with Gasteiger partial charge < -0.3 is 10.6 Å². The summed E-state index contributed by atoms with van der Waals surface area (Å²) in [5, 5.41) is 12.4. The SMILES string of the molecule is CC.O=C(Nc1ccccc1)Nc1cc(F)cc2[nH]ncc12. The lowest BCUT2D eigenvalue weighted by molar-refractivity contribution is 0.262. The van der Waals surface area contributed by atoms with Crippen LogP contribution in [0.2, 0.25) is 0 Å². The fourth-order valence-electron chi connectivity index (χ4n) is 1.93. The first-order chi connectivity index (χ1) is 10.7. The van der Waals surface area contributed by atoms with Crippen molar-refractivity contribution in [3.8, 4) is 0 Å². The van der Waals surface area contributed by atoms with E-state index in [0.717, 1.165) is 0 Å². The van der Waals surface area contributed by atoms with E-state index in [-0.39, 0.29) is 0 Å². The number of hydrogen-bond donors (Lipinski definition) is 3. The third-order valence-corrected chi connectivity index (χ3v) is 2.80. The molecule has 3 N–H and O–H groups in total. The van der Waals surface area contributed by atoms with E-state index in [4.69, 9.17) is 0 Å². The van der Waals surface area contributed by atoms with E-state index in [2.05, 4.69) is 20.8 Å². The van der Waals surface area contributed by atoms with Gasteiger partial charge in [-0.25, -0.2) is 9.18 Å². The monoisotopic (exact) mass is 300 g/mol. The van der Waals surface area contributed by atoms with Crippen molar-refractivity contribution in [1.82, 2.24) is 10.2 Å². The number of H-pyrrole nitrogens is 1. The number of para-hydroxylation sites is 1. The zero-order chi connectivity index (χ0) is 15.9. The number of amides is 2. The summed E-state index contributed by atoms with van der Waals surface area (Å²) in [6.07, 6.45) is 1.53. The number of benzene rings is 2. The minimum Gasteiger partial charge on any atom is -0.308 e. The highest BCUT2D eigenvalue weighted by Crippen LogP contribution is 2.23. The maximum Gasteiger partial charge on any atom is 0.323 e. The van der Waals surface area contributed by atoms with Gasteiger partial charge in [-0.2, -0.15) is 5.10 Å². The normalized spacial score (nSPS) is 9.77. The average Bonchev–Trinajstić information content (AvgIpc) is 2.98. The first-order valence-corrected chi connectivity index (χ1v) is 6.98. The van der Waals surface area contributed by atoms with Gasteiger partial charge in [-0.05, 0) is 24.3 Å². The number of urea groups is 1. The average molecular weight is 300 g/mol. The van der Waals surface area contributed by atoms with E-state index in [1.807, 2.05) is 32.0 Å². The van der Waals surface area contributed by atoms with Gasteiger partial charge in [0, 0.05) is 11.1 Å². The Morgan fingerprint density at radius 2 is 1.86 bits per heavy atom. The standard InChI is InChI=1S/C14H11FN4O.C2H6/c15-9-6-12(11-8-16-19-13(11)7-9)18-14(20)17-10-4-2-1-3-5-10;1-2/h1-8H,(H,16,19)(H2,17,18,20);1-2H3. The maximum absolute atomic E-state index is 13.4. The number of carbonyl (C=O) groups excluding carboxylic acids is 1. The lowest BCUT2D eigenvalue weighted by Gasteiger charge is -2.08. The second kappa shape index (κ2) is 7.21. The number of fused-ring (bicyclic) bond motifs is 1. The molecule has 0 radical (unpaired) electrons. The quantitative estimate of drug-likeness (QED) is 0.657. The second-order valence-electron chi connectivity index (χ2n) is 4.23. The van der Waals surface area contributed by atoms with Crippen molar-refractivity contribution in [1.29, 1.82) is 0 Å². The van der Waals surface area contributed by atoms with Gasteiger partial charge in [0.1, 0.15) is 5.82 Å². The first kappa shape index (κ1) is 15.5. The third kappa shape index (κ3) is 3.60. The van der Waals surface area contributed by atoms with Gasteiger partial charge in [0.05, 0.1) is 17.4 Å². The number of carbonyl (C=O) groups is 1. The predicted octanol–water partition coefficient (Wildman–Crippen LogP) is 4.37. The van der Waals surface area contributed by atoms with Crippen molar-refractivity contribution in [3.05, 3.63) is 54.5 Å². The molecule has 0 spiro atoms. The van der Waals surface area contributed by atoms with E-state index < -0.39 is 11.8 Å². The van der Waals surface area contributed by atoms with Crippen LogP contribution >= 0.6 is 0 Å². The molecule has 0 aliphatic rings. The molecule has 0 atom stereocenters. The first-order valence-electron chi connectivity index (χ1n) is 6.98. The fourth-order valence-corrected chi connectivity index (χ4v) is 1.93. The predicted molar refractivity (Wildman–Crippen MR) is 86.5 cm³/mol. The zero-order valence-electron chi connectivity index (χ0n) is 12.4. The summed E-state index contributed by atoms with van der Waals surface area (Å²) in [6.45, 7) is 4.00. The Morgan fingerprint density at radius 3 is 2.59 bits per heavy atom. The Kier molecular flexibility index (Phi) is 5.08. The van der Waals surface area contributed by atoms with Crippen LogP contribution in [0.5, 0.6) is 0 Å². The van der Waals surface area contributed by atoms with Crippen molar-refractivity contribution in [2.75, 3.05) is 10.6 Å². The van der Waals surface area contributed by atoms with Gasteiger partial charge in [-0.1, -0.05) is 32.0 Å². The summed E-state index contributed by atoms with van der Waals surface area (Å²) in [6, 6.07) is 11.1. The van der Waals surface area contributed by atoms with Crippen LogP contribution in [0.15, 0.2) is 48.7 Å². The Balaban J connectivity index is 0.000000847. The molecule has 0 fully saturated rings. The number of nitrogens with zero attached hydrogens (tertiary/aromatic N) is 1. The van der Waals surface area contributed by atoms with Crippen LogP contribution in [-0.2, 0) is 0 Å². The van der Waals surface area contributed by atoms with Gasteiger partial charge in [0.25, 0.3) is 0 Å². The molecule has 0 aliphatic heterocycles. The van der Waals surface area contributed by atoms with Gasteiger partial charge in [0.2, 0.25) is 0 Å². The van der Waals surface area contributed by atoms with Gasteiger partial charge in [-0.3, -0.25) is 5.10 Å². The molecule has 3 aromatic rings. The van der Waals surface area contributed by atoms with Crippen LogP contribution in [0.4, 0.5) is 20.6 Å².